The molecular weight excluding hydrogens is 187 g/mol. The van der Waals surface area contributed by atoms with E-state index in [0.29, 0.717) is 10.9 Å². The van der Waals surface area contributed by atoms with Crippen LogP contribution >= 0.6 is 0 Å². The van der Waals surface area contributed by atoms with Crippen LogP contribution in [0.5, 0.6) is 0 Å². The van der Waals surface area contributed by atoms with Gasteiger partial charge in [0.15, 0.2) is 0 Å². The third kappa shape index (κ3) is 1.06. The summed E-state index contributed by atoms with van der Waals surface area (Å²) in [4.78, 5) is 12.8. The van der Waals surface area contributed by atoms with E-state index in [-0.39, 0.29) is 11.2 Å². The number of nitro groups is 1. The van der Waals surface area contributed by atoms with Crippen LogP contribution in [0.1, 0.15) is 5.56 Å². The first-order valence-corrected chi connectivity index (χ1v) is 4.02. The van der Waals surface area contributed by atoms with Gasteiger partial charge in [0.1, 0.15) is 5.82 Å². The number of benzene rings is 1. The predicted molar refractivity (Wildman–Crippen MR) is 49.6 cm³/mol. The van der Waals surface area contributed by atoms with Crippen molar-refractivity contribution < 1.29 is 9.31 Å². The lowest BCUT2D eigenvalue weighted by atomic mass is 10.1. The number of aromatic amines is 1. The lowest BCUT2D eigenvalue weighted by Crippen LogP contribution is -1.90. The maximum Gasteiger partial charge on any atom is 0.279 e. The Labute approximate surface area is 78.5 Å². The summed E-state index contributed by atoms with van der Waals surface area (Å²) < 4.78 is 13.2. The zero-order chi connectivity index (χ0) is 10.3. The molecule has 2 aromatic rings. The fourth-order valence-corrected chi connectivity index (χ4v) is 1.51. The van der Waals surface area contributed by atoms with Crippen molar-refractivity contribution in [1.29, 1.82) is 0 Å². The summed E-state index contributed by atoms with van der Waals surface area (Å²) in [6.45, 7) is 1.70. The molecule has 0 aliphatic heterocycles. The second-order valence-electron chi connectivity index (χ2n) is 3.05. The van der Waals surface area contributed by atoms with Gasteiger partial charge in [0.2, 0.25) is 0 Å². The summed E-state index contributed by atoms with van der Waals surface area (Å²) in [5.74, 6) is -0.473. The van der Waals surface area contributed by atoms with E-state index in [4.69, 9.17) is 0 Å². The first-order valence-electron chi connectivity index (χ1n) is 4.02. The highest BCUT2D eigenvalue weighted by Crippen LogP contribution is 2.29. The van der Waals surface area contributed by atoms with Gasteiger partial charge in [-0.3, -0.25) is 10.1 Å². The minimum Gasteiger partial charge on any atom is -0.358 e. The number of aryl methyl sites for hydroxylation is 1. The smallest absolute Gasteiger partial charge is 0.279 e. The number of H-pyrrole nitrogens is 1. The molecule has 0 radical (unpaired) electrons. The van der Waals surface area contributed by atoms with Crippen LogP contribution < -0.4 is 0 Å². The molecule has 0 unspecified atom stereocenters. The molecule has 1 heterocycles. The Bertz CT molecular complexity index is 519. The molecule has 0 saturated carbocycles. The van der Waals surface area contributed by atoms with Gasteiger partial charge in [-0.05, 0) is 18.6 Å². The van der Waals surface area contributed by atoms with Gasteiger partial charge in [0, 0.05) is 12.3 Å². The first kappa shape index (κ1) is 8.68. The van der Waals surface area contributed by atoms with Crippen LogP contribution in [0.2, 0.25) is 0 Å². The highest BCUT2D eigenvalue weighted by Gasteiger charge is 2.17. The van der Waals surface area contributed by atoms with Gasteiger partial charge >= 0.3 is 0 Å². The van der Waals surface area contributed by atoms with Gasteiger partial charge < -0.3 is 4.98 Å². The van der Waals surface area contributed by atoms with Crippen molar-refractivity contribution in [3.63, 3.8) is 0 Å². The van der Waals surface area contributed by atoms with Crippen LogP contribution in [0.4, 0.5) is 10.1 Å². The van der Waals surface area contributed by atoms with Crippen molar-refractivity contribution in [2.24, 2.45) is 0 Å². The summed E-state index contributed by atoms with van der Waals surface area (Å²) in [7, 11) is 0. The van der Waals surface area contributed by atoms with E-state index in [1.807, 2.05) is 0 Å². The Balaban J connectivity index is 2.92. The van der Waals surface area contributed by atoms with Gasteiger partial charge in [-0.25, -0.2) is 4.39 Å². The Hall–Kier alpha value is -1.91. The molecule has 0 saturated heterocycles. The van der Waals surface area contributed by atoms with Gasteiger partial charge in [-0.15, -0.1) is 0 Å². The zero-order valence-electron chi connectivity index (χ0n) is 7.37. The Morgan fingerprint density at radius 3 is 2.86 bits per heavy atom. The van der Waals surface area contributed by atoms with E-state index < -0.39 is 10.7 Å². The maximum atomic E-state index is 13.2. The number of rotatable bonds is 1. The Kier molecular flexibility index (Phi) is 1.73. The number of non-ortho nitro benzene ring substituents is 1. The van der Waals surface area contributed by atoms with Crippen molar-refractivity contribution in [3.05, 3.63) is 39.8 Å². The van der Waals surface area contributed by atoms with E-state index in [2.05, 4.69) is 4.98 Å². The Morgan fingerprint density at radius 2 is 2.21 bits per heavy atom. The number of halogens is 1. The number of hydrogen-bond donors (Lipinski definition) is 1. The molecule has 0 amide bonds. The van der Waals surface area contributed by atoms with Gasteiger partial charge in [0.25, 0.3) is 5.69 Å². The molecule has 0 aliphatic carbocycles. The molecule has 4 nitrogen and oxygen atoms in total. The lowest BCUT2D eigenvalue weighted by molar-refractivity contribution is -0.383. The third-order valence-corrected chi connectivity index (χ3v) is 2.16. The number of nitrogens with zero attached hydrogens (tertiary/aromatic N) is 1. The van der Waals surface area contributed by atoms with E-state index in [9.17, 15) is 14.5 Å². The molecule has 2 rings (SSSR count). The highest BCUT2D eigenvalue weighted by atomic mass is 19.1. The molecular formula is C9H7FN2O2. The predicted octanol–water partition coefficient (Wildman–Crippen LogP) is 2.52. The monoisotopic (exact) mass is 194 g/mol. The lowest BCUT2D eigenvalue weighted by Gasteiger charge is -1.96. The molecule has 1 aromatic heterocycles. The summed E-state index contributed by atoms with van der Waals surface area (Å²) >= 11 is 0. The standard InChI is InChI=1S/C9H7FN2O2/c1-5-4-11-9-6(10)2-3-7(8(5)9)12(13)14/h2-4,11H,1H3. The van der Waals surface area contributed by atoms with Crippen molar-refractivity contribution in [2.75, 3.05) is 0 Å². The second-order valence-corrected chi connectivity index (χ2v) is 3.05. The van der Waals surface area contributed by atoms with E-state index in [1.165, 1.54) is 6.07 Å². The molecule has 5 heteroatoms. The van der Waals surface area contributed by atoms with Crippen LogP contribution in [0.3, 0.4) is 0 Å². The van der Waals surface area contributed by atoms with Crippen molar-refractivity contribution in [2.45, 2.75) is 6.92 Å². The normalized spacial score (nSPS) is 10.7. The van der Waals surface area contributed by atoms with Gasteiger partial charge in [-0.2, -0.15) is 0 Å². The molecule has 0 atom stereocenters. The fourth-order valence-electron chi connectivity index (χ4n) is 1.51. The average molecular weight is 194 g/mol. The molecule has 0 fully saturated rings. The van der Waals surface area contributed by atoms with Crippen LogP contribution in [-0.2, 0) is 0 Å². The molecule has 1 N–H and O–H groups in total. The fraction of sp³-hybridized carbons (Fsp3) is 0.111. The topological polar surface area (TPSA) is 58.9 Å². The molecule has 14 heavy (non-hydrogen) atoms. The summed E-state index contributed by atoms with van der Waals surface area (Å²) in [6, 6.07) is 2.27. The number of hydrogen-bond acceptors (Lipinski definition) is 2. The van der Waals surface area contributed by atoms with Crippen LogP contribution in [0.25, 0.3) is 10.9 Å². The number of fused-ring (bicyclic) bond motifs is 1. The number of aromatic nitrogens is 1. The average Bonchev–Trinajstić information content (AvgIpc) is 2.50. The van der Waals surface area contributed by atoms with Crippen molar-refractivity contribution in [1.82, 2.24) is 4.98 Å². The minimum atomic E-state index is -0.511. The second kappa shape index (κ2) is 2.80. The van der Waals surface area contributed by atoms with E-state index >= 15 is 0 Å². The summed E-state index contributed by atoms with van der Waals surface area (Å²) in [6.07, 6.45) is 1.56. The molecule has 0 spiro atoms. The SMILES string of the molecule is Cc1c[nH]c2c(F)ccc([N+](=O)[O-])c12. The summed E-state index contributed by atoms with van der Waals surface area (Å²) in [5, 5.41) is 11.0. The maximum absolute atomic E-state index is 13.2. The van der Waals surface area contributed by atoms with Gasteiger partial charge in [0.05, 0.1) is 15.8 Å². The van der Waals surface area contributed by atoms with E-state index in [1.54, 1.807) is 13.1 Å². The largest absolute Gasteiger partial charge is 0.358 e. The van der Waals surface area contributed by atoms with E-state index in [0.717, 1.165) is 6.07 Å². The Morgan fingerprint density at radius 1 is 1.50 bits per heavy atom. The van der Waals surface area contributed by atoms with Crippen molar-refractivity contribution >= 4 is 16.6 Å². The summed E-state index contributed by atoms with van der Waals surface area (Å²) in [5.41, 5.74) is 0.794. The highest BCUT2D eigenvalue weighted by molar-refractivity contribution is 5.91. The third-order valence-electron chi connectivity index (χ3n) is 2.16. The van der Waals surface area contributed by atoms with Crippen LogP contribution in [0.15, 0.2) is 18.3 Å². The van der Waals surface area contributed by atoms with Crippen LogP contribution in [-0.4, -0.2) is 9.91 Å². The number of nitrogens with one attached hydrogen (secondary N) is 1. The zero-order valence-corrected chi connectivity index (χ0v) is 7.37. The quantitative estimate of drug-likeness (QED) is 0.560. The first-order chi connectivity index (χ1) is 6.61. The van der Waals surface area contributed by atoms with Gasteiger partial charge in [-0.1, -0.05) is 0 Å². The molecule has 0 aliphatic rings. The van der Waals surface area contributed by atoms with Crippen molar-refractivity contribution in [3.8, 4) is 0 Å². The number of nitro benzene ring substituents is 1. The molecule has 1 aromatic carbocycles. The molecule has 0 bridgehead atoms. The van der Waals surface area contributed by atoms with Crippen LogP contribution in [0, 0.1) is 22.9 Å². The molecule has 72 valence electrons. The minimum absolute atomic E-state index is 0.0693.